The molecule has 1 aromatic rings. The van der Waals surface area contributed by atoms with Crippen LogP contribution in [0.4, 0.5) is 0 Å². The molecule has 2 unspecified atom stereocenters. The van der Waals surface area contributed by atoms with Crippen LogP contribution in [0.25, 0.3) is 0 Å². The maximum Gasteiger partial charge on any atom is 0.136 e. The van der Waals surface area contributed by atoms with Gasteiger partial charge in [0.2, 0.25) is 0 Å². The van der Waals surface area contributed by atoms with Crippen molar-refractivity contribution in [2.45, 2.75) is 51.2 Å². The van der Waals surface area contributed by atoms with E-state index in [0.717, 1.165) is 19.4 Å². The molecular weight excluding hydrogens is 218 g/mol. The van der Waals surface area contributed by atoms with Crippen molar-refractivity contribution in [1.82, 2.24) is 4.90 Å². The Morgan fingerprint density at radius 3 is 2.56 bits per heavy atom. The molecule has 0 amide bonds. The van der Waals surface area contributed by atoms with Crippen LogP contribution in [0.3, 0.4) is 0 Å². The highest BCUT2D eigenvalue weighted by atomic mass is 32.1. The first-order valence-electron chi connectivity index (χ1n) is 6.05. The first-order chi connectivity index (χ1) is 7.72. The van der Waals surface area contributed by atoms with E-state index < -0.39 is 0 Å². The van der Waals surface area contributed by atoms with E-state index in [0.29, 0.717) is 17.9 Å². The third kappa shape index (κ3) is 1.82. The highest BCUT2D eigenvalue weighted by molar-refractivity contribution is 7.11. The average Bonchev–Trinajstić information content (AvgIpc) is 2.72. The molecule has 0 radical (unpaired) electrons. The lowest BCUT2D eigenvalue weighted by Gasteiger charge is -2.33. The lowest BCUT2D eigenvalue weighted by molar-refractivity contribution is -0.123. The van der Waals surface area contributed by atoms with Gasteiger partial charge in [-0.25, -0.2) is 0 Å². The SMILES string of the molecule is Cc1ccc(CN2C3CCC2CC(=O)C3)s1. The van der Waals surface area contributed by atoms with Gasteiger partial charge >= 0.3 is 0 Å². The standard InChI is InChI=1S/C13H17NOS/c1-9-2-5-13(16-9)8-14-10-3-4-11(14)7-12(15)6-10/h2,5,10-11H,3-4,6-8H2,1H3. The number of thiophene rings is 1. The molecule has 0 N–H and O–H groups in total. The van der Waals surface area contributed by atoms with Crippen molar-refractivity contribution in [1.29, 1.82) is 0 Å². The van der Waals surface area contributed by atoms with E-state index in [2.05, 4.69) is 24.0 Å². The monoisotopic (exact) mass is 235 g/mol. The summed E-state index contributed by atoms with van der Waals surface area (Å²) in [6.45, 7) is 3.21. The minimum Gasteiger partial charge on any atom is -0.300 e. The quantitative estimate of drug-likeness (QED) is 0.785. The topological polar surface area (TPSA) is 20.3 Å². The lowest BCUT2D eigenvalue weighted by atomic mass is 10.0. The van der Waals surface area contributed by atoms with Crippen LogP contribution < -0.4 is 0 Å². The summed E-state index contributed by atoms with van der Waals surface area (Å²) >= 11 is 1.89. The second kappa shape index (κ2) is 3.97. The maximum absolute atomic E-state index is 11.5. The Morgan fingerprint density at radius 1 is 1.31 bits per heavy atom. The largest absolute Gasteiger partial charge is 0.300 e. The Morgan fingerprint density at radius 2 is 2.00 bits per heavy atom. The Hall–Kier alpha value is -0.670. The Kier molecular flexibility index (Phi) is 2.60. The Bertz CT molecular complexity index is 396. The van der Waals surface area contributed by atoms with Crippen LogP contribution in [-0.4, -0.2) is 22.8 Å². The van der Waals surface area contributed by atoms with Gasteiger partial charge in [0.25, 0.3) is 0 Å². The lowest BCUT2D eigenvalue weighted by Crippen LogP contribution is -2.42. The molecule has 2 bridgehead atoms. The molecular formula is C13H17NOS. The zero-order chi connectivity index (χ0) is 11.1. The van der Waals surface area contributed by atoms with E-state index in [1.807, 2.05) is 11.3 Å². The van der Waals surface area contributed by atoms with Crippen molar-refractivity contribution in [3.8, 4) is 0 Å². The average molecular weight is 235 g/mol. The predicted molar refractivity (Wildman–Crippen MR) is 65.7 cm³/mol. The molecule has 2 aliphatic heterocycles. The predicted octanol–water partition coefficient (Wildman–Crippen LogP) is 2.75. The van der Waals surface area contributed by atoms with Gasteiger partial charge in [-0.05, 0) is 31.9 Å². The Labute approximate surface area is 100 Å². The number of hydrogen-bond acceptors (Lipinski definition) is 3. The zero-order valence-electron chi connectivity index (χ0n) is 9.61. The third-order valence-corrected chi connectivity index (χ3v) is 4.82. The van der Waals surface area contributed by atoms with Gasteiger partial charge in [-0.3, -0.25) is 9.69 Å². The van der Waals surface area contributed by atoms with E-state index in [1.165, 1.54) is 22.6 Å². The summed E-state index contributed by atoms with van der Waals surface area (Å²) in [5, 5.41) is 0. The highest BCUT2D eigenvalue weighted by Gasteiger charge is 2.39. The first-order valence-corrected chi connectivity index (χ1v) is 6.87. The fraction of sp³-hybridized carbons (Fsp3) is 0.615. The minimum atomic E-state index is 0.478. The van der Waals surface area contributed by atoms with Gasteiger partial charge in [-0.1, -0.05) is 0 Å². The molecule has 3 heterocycles. The van der Waals surface area contributed by atoms with Crippen LogP contribution in [-0.2, 0) is 11.3 Å². The van der Waals surface area contributed by atoms with E-state index in [4.69, 9.17) is 0 Å². The second-order valence-electron chi connectivity index (χ2n) is 5.02. The fourth-order valence-electron chi connectivity index (χ4n) is 3.07. The van der Waals surface area contributed by atoms with Gasteiger partial charge in [-0.15, -0.1) is 11.3 Å². The molecule has 16 heavy (non-hydrogen) atoms. The number of Topliss-reactive ketones (excluding diaryl/α,β-unsaturated/α-hetero) is 1. The van der Waals surface area contributed by atoms with E-state index in [-0.39, 0.29) is 0 Å². The first kappa shape index (κ1) is 10.5. The van der Waals surface area contributed by atoms with E-state index >= 15 is 0 Å². The molecule has 0 aliphatic carbocycles. The number of fused-ring (bicyclic) bond motifs is 2. The van der Waals surface area contributed by atoms with Crippen molar-refractivity contribution in [3.63, 3.8) is 0 Å². The molecule has 2 aliphatic rings. The van der Waals surface area contributed by atoms with Crippen molar-refractivity contribution in [3.05, 3.63) is 21.9 Å². The van der Waals surface area contributed by atoms with Crippen LogP contribution in [0.5, 0.6) is 0 Å². The zero-order valence-corrected chi connectivity index (χ0v) is 10.4. The van der Waals surface area contributed by atoms with Crippen molar-refractivity contribution in [2.75, 3.05) is 0 Å². The summed E-state index contributed by atoms with van der Waals surface area (Å²) in [6, 6.07) is 5.50. The fourth-order valence-corrected chi connectivity index (χ4v) is 3.97. The highest BCUT2D eigenvalue weighted by Crippen LogP contribution is 2.35. The van der Waals surface area contributed by atoms with Gasteiger partial charge in [-0.2, -0.15) is 0 Å². The van der Waals surface area contributed by atoms with Gasteiger partial charge in [0.05, 0.1) is 0 Å². The summed E-state index contributed by atoms with van der Waals surface area (Å²) in [5.41, 5.74) is 0. The van der Waals surface area contributed by atoms with Gasteiger partial charge < -0.3 is 0 Å². The number of carbonyl (C=O) groups is 1. The molecule has 3 rings (SSSR count). The molecule has 0 aromatic carbocycles. The number of hydrogen-bond donors (Lipinski definition) is 0. The van der Waals surface area contributed by atoms with Crippen LogP contribution in [0.15, 0.2) is 12.1 Å². The second-order valence-corrected chi connectivity index (χ2v) is 6.39. The van der Waals surface area contributed by atoms with Crippen LogP contribution in [0.2, 0.25) is 0 Å². The molecule has 3 heteroatoms. The minimum absolute atomic E-state index is 0.478. The molecule has 2 saturated heterocycles. The van der Waals surface area contributed by atoms with Gasteiger partial charge in [0.15, 0.2) is 0 Å². The molecule has 86 valence electrons. The Balaban J connectivity index is 1.74. The summed E-state index contributed by atoms with van der Waals surface area (Å²) < 4.78 is 0. The van der Waals surface area contributed by atoms with Crippen molar-refractivity contribution in [2.24, 2.45) is 0 Å². The molecule has 0 spiro atoms. The van der Waals surface area contributed by atoms with E-state index in [1.54, 1.807) is 0 Å². The number of nitrogens with zero attached hydrogens (tertiary/aromatic N) is 1. The number of carbonyl (C=O) groups excluding carboxylic acids is 1. The summed E-state index contributed by atoms with van der Waals surface area (Å²) in [4.78, 5) is 16.9. The van der Waals surface area contributed by atoms with Crippen LogP contribution in [0.1, 0.15) is 35.4 Å². The molecule has 2 fully saturated rings. The number of aryl methyl sites for hydroxylation is 1. The van der Waals surface area contributed by atoms with Crippen LogP contribution >= 0.6 is 11.3 Å². The maximum atomic E-state index is 11.5. The number of piperidine rings is 1. The number of ketones is 1. The molecule has 2 atom stereocenters. The third-order valence-electron chi connectivity index (χ3n) is 3.83. The summed E-state index contributed by atoms with van der Waals surface area (Å²) in [7, 11) is 0. The van der Waals surface area contributed by atoms with Crippen molar-refractivity contribution >= 4 is 17.1 Å². The molecule has 0 saturated carbocycles. The molecule has 1 aromatic heterocycles. The summed E-state index contributed by atoms with van der Waals surface area (Å²) in [5.74, 6) is 0.478. The smallest absolute Gasteiger partial charge is 0.136 e. The normalized spacial score (nSPS) is 29.9. The van der Waals surface area contributed by atoms with Gasteiger partial charge in [0.1, 0.15) is 5.78 Å². The molecule has 2 nitrogen and oxygen atoms in total. The number of rotatable bonds is 2. The van der Waals surface area contributed by atoms with Gasteiger partial charge in [0, 0.05) is 41.2 Å². The summed E-state index contributed by atoms with van der Waals surface area (Å²) in [6.07, 6.45) is 4.03. The van der Waals surface area contributed by atoms with Crippen LogP contribution in [0, 0.1) is 6.92 Å². The van der Waals surface area contributed by atoms with E-state index in [9.17, 15) is 4.79 Å². The van der Waals surface area contributed by atoms with Crippen molar-refractivity contribution < 1.29 is 4.79 Å².